The van der Waals surface area contributed by atoms with E-state index in [0.717, 1.165) is 57.5 Å². The van der Waals surface area contributed by atoms with Crippen LogP contribution in [0.15, 0.2) is 84.9 Å². The molecular formula is C33H35F6N2O4PS. The molecule has 3 fully saturated rings. The van der Waals surface area contributed by atoms with Gasteiger partial charge in [-0.15, -0.1) is 11.3 Å². The molecule has 14 heteroatoms. The molecule has 6 nitrogen and oxygen atoms in total. The van der Waals surface area contributed by atoms with Crippen molar-refractivity contribution < 1.29 is 49.1 Å². The van der Waals surface area contributed by atoms with Gasteiger partial charge in [0.25, 0.3) is 5.91 Å². The Morgan fingerprint density at radius 3 is 1.94 bits per heavy atom. The molecule has 3 aromatic carbocycles. The first-order valence-electron chi connectivity index (χ1n) is 15.1. The molecule has 0 saturated carbocycles. The van der Waals surface area contributed by atoms with Gasteiger partial charge in [0.2, 0.25) is 5.60 Å². The third kappa shape index (κ3) is 8.70. The average Bonchev–Trinajstić information content (AvgIpc) is 3.37. The summed E-state index contributed by atoms with van der Waals surface area (Å²) < 4.78 is 67.3. The molecule has 2 bridgehead atoms. The zero-order chi connectivity index (χ0) is 34.2. The van der Waals surface area contributed by atoms with Crippen LogP contribution in [-0.4, -0.2) is 60.3 Å². The molecule has 4 aromatic rings. The van der Waals surface area contributed by atoms with Crippen LogP contribution < -0.4 is 5.32 Å². The molecule has 2 N–H and O–H groups in total. The first-order valence-corrected chi connectivity index (χ1v) is 17.9. The molecule has 0 spiro atoms. The number of halogens is 6. The van der Waals surface area contributed by atoms with Crippen LogP contribution in [0.4, 0.5) is 25.2 Å². The Bertz CT molecular complexity index is 1700. The van der Waals surface area contributed by atoms with E-state index in [9.17, 15) is 39.9 Å². The fourth-order valence-corrected chi connectivity index (χ4v) is 7.66. The van der Waals surface area contributed by atoms with Crippen LogP contribution in [-0.2, 0) is 15.1 Å². The fraction of sp³-hybridized carbons (Fsp3) is 0.333. The van der Waals surface area contributed by atoms with Gasteiger partial charge in [0.15, 0.2) is 6.10 Å². The summed E-state index contributed by atoms with van der Waals surface area (Å²) in [5.41, 5.74) is 0.140. The van der Waals surface area contributed by atoms with E-state index in [1.807, 2.05) is 55.5 Å². The molecule has 3 aliphatic heterocycles. The van der Waals surface area contributed by atoms with Gasteiger partial charge in [-0.25, -0.2) is 4.79 Å². The van der Waals surface area contributed by atoms with Crippen molar-refractivity contribution in [2.45, 2.75) is 31.5 Å². The number of hydrogen-bond donors (Lipinski definition) is 2. The van der Waals surface area contributed by atoms with Gasteiger partial charge in [-0.1, -0.05) is 78.9 Å². The number of quaternary nitrogens is 1. The predicted octanol–water partition coefficient (Wildman–Crippen LogP) is 8.41. The Morgan fingerprint density at radius 1 is 0.894 bits per heavy atom. The number of fused-ring (bicyclic) bond motifs is 4. The molecule has 0 radical (unpaired) electrons. The minimum absolute atomic E-state index is 0.0254. The van der Waals surface area contributed by atoms with Crippen LogP contribution in [0.1, 0.15) is 39.2 Å². The molecule has 254 valence electrons. The molecule has 1 atom stereocenters. The Kier molecular flexibility index (Phi) is 9.02. The number of aliphatic hydroxyl groups is 1. The van der Waals surface area contributed by atoms with Gasteiger partial charge in [0.1, 0.15) is 6.54 Å². The summed E-state index contributed by atoms with van der Waals surface area (Å²) in [5, 5.41) is 16.1. The number of nitrogens with zero attached hydrogens (tertiary/aromatic N) is 1. The average molecular weight is 701 g/mol. The molecule has 1 amide bonds. The van der Waals surface area contributed by atoms with E-state index in [1.165, 1.54) is 11.3 Å². The quantitative estimate of drug-likeness (QED) is 0.0838. The van der Waals surface area contributed by atoms with Crippen molar-refractivity contribution in [3.8, 4) is 0 Å². The summed E-state index contributed by atoms with van der Waals surface area (Å²) in [6.45, 7) is 6.09. The molecule has 3 aliphatic rings. The van der Waals surface area contributed by atoms with Crippen molar-refractivity contribution in [2.75, 3.05) is 32.7 Å². The molecule has 1 aromatic heterocycles. The number of amides is 1. The van der Waals surface area contributed by atoms with Gasteiger partial charge >= 0.3 is 39.0 Å². The number of aryl methyl sites for hydroxylation is 1. The topological polar surface area (TPSA) is 75.6 Å². The van der Waals surface area contributed by atoms with E-state index in [0.29, 0.717) is 24.2 Å². The van der Waals surface area contributed by atoms with Crippen molar-refractivity contribution in [3.05, 3.63) is 106 Å². The summed E-state index contributed by atoms with van der Waals surface area (Å²) in [5.74, 6) is -0.367. The van der Waals surface area contributed by atoms with Crippen molar-refractivity contribution in [3.63, 3.8) is 0 Å². The zero-order valence-electron chi connectivity index (χ0n) is 25.4. The maximum absolute atomic E-state index is 13.7. The number of rotatable bonds is 8. The number of carbonyl (C=O) groups excluding carboxylic acids is 2. The van der Waals surface area contributed by atoms with E-state index in [2.05, 4.69) is 17.4 Å². The number of carbonyl (C=O) groups is 2. The summed E-state index contributed by atoms with van der Waals surface area (Å²) in [4.78, 5) is 27.6. The number of ether oxygens (including phenoxy) is 1. The van der Waals surface area contributed by atoms with Gasteiger partial charge in [-0.3, -0.25) is 4.79 Å². The standard InChI is InChI=1S/C33H34N2O4S.F6P/c1-23-27-14-8-9-15-29(27)40-30(23)31(36)34-18-21-35-19-16-24(17-20-35)28(22-35)39-32(37)33(38,25-10-4-2-5-11-25)26-12-6-3-7-13-26;1-7(2,3,4,5)6/h2-15,24,28,38H,16-22H2,1H3;/q;-1/p+1/t24?,28-,35?;/m0./s1. The third-order valence-corrected chi connectivity index (χ3v) is 10.2. The third-order valence-electron chi connectivity index (χ3n) is 8.90. The summed E-state index contributed by atoms with van der Waals surface area (Å²) in [6, 6.07) is 26.2. The molecule has 0 aliphatic carbocycles. The van der Waals surface area contributed by atoms with Gasteiger partial charge in [-0.2, -0.15) is 0 Å². The number of piperidine rings is 3. The van der Waals surface area contributed by atoms with E-state index < -0.39 is 19.4 Å². The second-order valence-electron chi connectivity index (χ2n) is 12.2. The Hall–Kier alpha value is -3.51. The van der Waals surface area contributed by atoms with Crippen LogP contribution in [0.2, 0.25) is 0 Å². The van der Waals surface area contributed by atoms with Gasteiger partial charge in [-0.05, 0) is 35.1 Å². The molecule has 4 heterocycles. The van der Waals surface area contributed by atoms with Crippen molar-refractivity contribution in [2.24, 2.45) is 5.92 Å². The van der Waals surface area contributed by atoms with Crippen molar-refractivity contribution in [1.29, 1.82) is 0 Å². The van der Waals surface area contributed by atoms with Crippen LogP contribution in [0, 0.1) is 12.8 Å². The summed E-state index contributed by atoms with van der Waals surface area (Å²) in [7, 11) is -10.7. The SMILES string of the molecule is Cc1c(C(=O)NCC[N+]23CCC(CC2)[C@@H](OC(=O)C(O)(c2ccccc2)c2ccccc2)C3)sc2ccccc12.F[P-](F)(F)(F)(F)F. The van der Waals surface area contributed by atoms with Gasteiger partial charge in [0, 0.05) is 23.5 Å². The number of thiophene rings is 1. The van der Waals surface area contributed by atoms with E-state index in [1.54, 1.807) is 24.3 Å². The first kappa shape index (κ1) is 34.8. The Balaban J connectivity index is 0.000000559. The number of hydrogen-bond acceptors (Lipinski definition) is 5. The number of nitrogens with one attached hydrogen (secondary N) is 1. The van der Waals surface area contributed by atoms with E-state index in [4.69, 9.17) is 4.74 Å². The zero-order valence-corrected chi connectivity index (χ0v) is 27.1. The molecule has 47 heavy (non-hydrogen) atoms. The predicted molar refractivity (Wildman–Crippen MR) is 171 cm³/mol. The fourth-order valence-electron chi connectivity index (χ4n) is 6.53. The minimum atomic E-state index is -10.7. The summed E-state index contributed by atoms with van der Waals surface area (Å²) >= 11 is 1.54. The van der Waals surface area contributed by atoms with E-state index >= 15 is 0 Å². The van der Waals surface area contributed by atoms with Crippen LogP contribution >= 0.6 is 19.1 Å². The molecule has 3 saturated heterocycles. The van der Waals surface area contributed by atoms with Crippen LogP contribution in [0.5, 0.6) is 0 Å². The first-order chi connectivity index (χ1) is 21.8. The monoisotopic (exact) mass is 700 g/mol. The molecule has 0 unspecified atom stereocenters. The number of esters is 1. The number of benzene rings is 3. The Labute approximate surface area is 271 Å². The van der Waals surface area contributed by atoms with Crippen LogP contribution in [0.25, 0.3) is 10.1 Å². The maximum atomic E-state index is 13.7. The summed E-state index contributed by atoms with van der Waals surface area (Å²) in [6.07, 6.45) is 1.67. The normalized spacial score (nSPS) is 22.4. The second-order valence-corrected chi connectivity index (χ2v) is 15.2. The molecular weight excluding hydrogens is 665 g/mol. The van der Waals surface area contributed by atoms with Crippen LogP contribution in [0.3, 0.4) is 0 Å². The van der Waals surface area contributed by atoms with E-state index in [-0.39, 0.29) is 17.9 Å². The van der Waals surface area contributed by atoms with Gasteiger partial charge < -0.3 is 19.6 Å². The Morgan fingerprint density at radius 2 is 1.40 bits per heavy atom. The van der Waals surface area contributed by atoms with Gasteiger partial charge in [0.05, 0.1) is 31.1 Å². The van der Waals surface area contributed by atoms with Crippen molar-refractivity contribution >= 4 is 41.1 Å². The molecule has 7 rings (SSSR count). The van der Waals surface area contributed by atoms with Crippen molar-refractivity contribution in [1.82, 2.24) is 5.32 Å². The second kappa shape index (κ2) is 12.2.